The molecule has 1 atom stereocenters. The molecular formula is C33H40ClN3O2. The van der Waals surface area contributed by atoms with E-state index in [0.717, 1.165) is 77.8 Å². The van der Waals surface area contributed by atoms with Crippen molar-refractivity contribution in [3.05, 3.63) is 77.3 Å². The van der Waals surface area contributed by atoms with Crippen LogP contribution in [-0.2, 0) is 13.0 Å². The maximum atomic E-state index is 6.48. The van der Waals surface area contributed by atoms with Gasteiger partial charge in [0.1, 0.15) is 17.3 Å². The van der Waals surface area contributed by atoms with Crippen LogP contribution in [0.5, 0.6) is 11.5 Å². The summed E-state index contributed by atoms with van der Waals surface area (Å²) in [6.45, 7) is 8.30. The van der Waals surface area contributed by atoms with Crippen molar-refractivity contribution >= 4 is 22.6 Å². The zero-order chi connectivity index (χ0) is 27.2. The molecule has 1 aliphatic rings. The number of halogens is 1. The van der Waals surface area contributed by atoms with Gasteiger partial charge in [0.05, 0.1) is 23.7 Å². The number of nitrogens with zero attached hydrogens (tertiary/aromatic N) is 3. The van der Waals surface area contributed by atoms with Crippen molar-refractivity contribution in [3.63, 3.8) is 0 Å². The van der Waals surface area contributed by atoms with Crippen LogP contribution in [0, 0.1) is 5.92 Å². The van der Waals surface area contributed by atoms with E-state index in [1.54, 1.807) is 0 Å². The highest BCUT2D eigenvalue weighted by molar-refractivity contribution is 6.30. The van der Waals surface area contributed by atoms with Crippen LogP contribution in [0.15, 0.2) is 66.7 Å². The molecule has 1 unspecified atom stereocenters. The molecule has 1 saturated heterocycles. The standard InChI is InChI=1S/C33H40ClN3O2/c1-4-5-19-37-32-23-30(39-24(2)26-16-20-36(3)21-17-26)14-15-31(32)35-33(37)27-8-12-29(13-9-27)38-22-18-25-6-10-28(34)11-7-25/h6-15,23-24,26H,4-5,16-22H2,1-3H3. The number of hydrogen-bond donors (Lipinski definition) is 0. The van der Waals surface area contributed by atoms with Crippen LogP contribution in [0.25, 0.3) is 22.4 Å². The second kappa shape index (κ2) is 12.9. The van der Waals surface area contributed by atoms with Crippen LogP contribution in [0.3, 0.4) is 0 Å². The number of aryl methyl sites for hydroxylation is 1. The Morgan fingerprint density at radius 1 is 0.974 bits per heavy atom. The normalized spacial score (nSPS) is 15.5. The van der Waals surface area contributed by atoms with Gasteiger partial charge in [-0.05, 0) is 106 Å². The lowest BCUT2D eigenvalue weighted by Gasteiger charge is -2.32. The monoisotopic (exact) mass is 545 g/mol. The van der Waals surface area contributed by atoms with Gasteiger partial charge in [-0.15, -0.1) is 0 Å². The van der Waals surface area contributed by atoms with Crippen LogP contribution in [0.1, 0.15) is 45.1 Å². The van der Waals surface area contributed by atoms with E-state index in [2.05, 4.69) is 60.7 Å². The van der Waals surface area contributed by atoms with Gasteiger partial charge in [-0.2, -0.15) is 0 Å². The molecule has 1 aliphatic heterocycles. The average Bonchev–Trinajstić information content (AvgIpc) is 3.31. The number of imidazole rings is 1. The summed E-state index contributed by atoms with van der Waals surface area (Å²) >= 11 is 5.99. The van der Waals surface area contributed by atoms with Crippen molar-refractivity contribution < 1.29 is 9.47 Å². The number of benzene rings is 3. The molecule has 6 heteroatoms. The Kier molecular flexibility index (Phi) is 9.10. The lowest BCUT2D eigenvalue weighted by molar-refractivity contribution is 0.0979. The summed E-state index contributed by atoms with van der Waals surface area (Å²) < 4.78 is 14.8. The van der Waals surface area contributed by atoms with Crippen molar-refractivity contribution in [1.29, 1.82) is 0 Å². The molecule has 5 nitrogen and oxygen atoms in total. The van der Waals surface area contributed by atoms with Crippen molar-refractivity contribution in [2.24, 2.45) is 5.92 Å². The van der Waals surface area contributed by atoms with Crippen molar-refractivity contribution in [2.75, 3.05) is 26.7 Å². The number of piperidine rings is 1. The number of fused-ring (bicyclic) bond motifs is 1. The fraction of sp³-hybridized carbons (Fsp3) is 0.424. The molecular weight excluding hydrogens is 506 g/mol. The highest BCUT2D eigenvalue weighted by Gasteiger charge is 2.24. The molecule has 206 valence electrons. The number of rotatable bonds is 11. The third kappa shape index (κ3) is 6.95. The van der Waals surface area contributed by atoms with Gasteiger partial charge >= 0.3 is 0 Å². The van der Waals surface area contributed by atoms with Gasteiger partial charge in [0.2, 0.25) is 0 Å². The van der Waals surface area contributed by atoms with Gasteiger partial charge in [-0.3, -0.25) is 0 Å². The molecule has 39 heavy (non-hydrogen) atoms. The Balaban J connectivity index is 1.30. The number of unbranched alkanes of at least 4 members (excludes halogenated alkanes) is 1. The smallest absolute Gasteiger partial charge is 0.141 e. The predicted octanol–water partition coefficient (Wildman–Crippen LogP) is 7.89. The van der Waals surface area contributed by atoms with E-state index in [9.17, 15) is 0 Å². The lowest BCUT2D eigenvalue weighted by atomic mass is 9.92. The van der Waals surface area contributed by atoms with E-state index in [1.165, 1.54) is 18.4 Å². The molecule has 3 aromatic carbocycles. The maximum absolute atomic E-state index is 6.48. The Hall–Kier alpha value is -3.02. The van der Waals surface area contributed by atoms with Gasteiger partial charge in [0.15, 0.2) is 0 Å². The van der Waals surface area contributed by atoms with Gasteiger partial charge in [0.25, 0.3) is 0 Å². The molecule has 0 N–H and O–H groups in total. The zero-order valence-electron chi connectivity index (χ0n) is 23.4. The summed E-state index contributed by atoms with van der Waals surface area (Å²) in [6, 6.07) is 22.6. The minimum Gasteiger partial charge on any atom is -0.493 e. The van der Waals surface area contributed by atoms with Gasteiger partial charge < -0.3 is 18.9 Å². The van der Waals surface area contributed by atoms with Gasteiger partial charge in [0, 0.05) is 29.6 Å². The van der Waals surface area contributed by atoms with E-state index in [1.807, 2.05) is 36.4 Å². The van der Waals surface area contributed by atoms with Crippen molar-refractivity contribution in [1.82, 2.24) is 14.5 Å². The summed E-state index contributed by atoms with van der Waals surface area (Å²) in [4.78, 5) is 7.45. The molecule has 2 heterocycles. The van der Waals surface area contributed by atoms with Crippen molar-refractivity contribution in [2.45, 2.75) is 58.6 Å². The molecule has 4 aromatic rings. The fourth-order valence-electron chi connectivity index (χ4n) is 5.39. The minimum absolute atomic E-state index is 0.204. The fourth-order valence-corrected chi connectivity index (χ4v) is 5.51. The minimum atomic E-state index is 0.204. The van der Waals surface area contributed by atoms with E-state index < -0.39 is 0 Å². The van der Waals surface area contributed by atoms with Crippen LogP contribution in [-0.4, -0.2) is 47.3 Å². The first-order chi connectivity index (χ1) is 19.0. The topological polar surface area (TPSA) is 39.5 Å². The van der Waals surface area contributed by atoms with Crippen LogP contribution < -0.4 is 9.47 Å². The maximum Gasteiger partial charge on any atom is 0.141 e. The molecule has 0 amide bonds. The first-order valence-electron chi connectivity index (χ1n) is 14.3. The largest absolute Gasteiger partial charge is 0.493 e. The number of ether oxygens (including phenoxy) is 2. The Morgan fingerprint density at radius 2 is 1.69 bits per heavy atom. The third-order valence-corrected chi connectivity index (χ3v) is 8.14. The van der Waals surface area contributed by atoms with Crippen LogP contribution in [0.4, 0.5) is 0 Å². The third-order valence-electron chi connectivity index (χ3n) is 7.89. The summed E-state index contributed by atoms with van der Waals surface area (Å²) in [6.07, 6.45) is 5.66. The Bertz CT molecular complexity index is 1340. The highest BCUT2D eigenvalue weighted by atomic mass is 35.5. The summed E-state index contributed by atoms with van der Waals surface area (Å²) in [5.74, 6) is 3.39. The van der Waals surface area contributed by atoms with Crippen molar-refractivity contribution in [3.8, 4) is 22.9 Å². The molecule has 5 rings (SSSR count). The Morgan fingerprint density at radius 3 is 2.41 bits per heavy atom. The molecule has 0 bridgehead atoms. The lowest BCUT2D eigenvalue weighted by Crippen LogP contribution is -2.36. The van der Waals surface area contributed by atoms with E-state index in [-0.39, 0.29) is 6.10 Å². The summed E-state index contributed by atoms with van der Waals surface area (Å²) in [5.41, 5.74) is 4.44. The summed E-state index contributed by atoms with van der Waals surface area (Å²) in [5, 5.41) is 0.756. The second-order valence-electron chi connectivity index (χ2n) is 10.8. The van der Waals surface area contributed by atoms with E-state index in [0.29, 0.717) is 12.5 Å². The van der Waals surface area contributed by atoms with Crippen LogP contribution >= 0.6 is 11.6 Å². The van der Waals surface area contributed by atoms with Crippen LogP contribution in [0.2, 0.25) is 5.02 Å². The number of hydrogen-bond acceptors (Lipinski definition) is 4. The first kappa shape index (κ1) is 27.5. The molecule has 0 aliphatic carbocycles. The van der Waals surface area contributed by atoms with E-state index >= 15 is 0 Å². The molecule has 0 spiro atoms. The highest BCUT2D eigenvalue weighted by Crippen LogP contribution is 2.31. The molecule has 0 saturated carbocycles. The van der Waals surface area contributed by atoms with E-state index in [4.69, 9.17) is 26.1 Å². The zero-order valence-corrected chi connectivity index (χ0v) is 24.2. The number of aromatic nitrogens is 2. The first-order valence-corrected chi connectivity index (χ1v) is 14.7. The molecule has 1 fully saturated rings. The average molecular weight is 546 g/mol. The number of likely N-dealkylation sites (tertiary alicyclic amines) is 1. The quantitative estimate of drug-likeness (QED) is 0.192. The predicted molar refractivity (Wildman–Crippen MR) is 161 cm³/mol. The molecule has 0 radical (unpaired) electrons. The second-order valence-corrected chi connectivity index (χ2v) is 11.2. The summed E-state index contributed by atoms with van der Waals surface area (Å²) in [7, 11) is 2.20. The van der Waals surface area contributed by atoms with Gasteiger partial charge in [-0.25, -0.2) is 4.98 Å². The Labute approximate surface area is 237 Å². The molecule has 1 aromatic heterocycles. The SMILES string of the molecule is CCCCn1c(-c2ccc(OCCc3ccc(Cl)cc3)cc2)nc2ccc(OC(C)C3CCN(C)CC3)cc21. The van der Waals surface area contributed by atoms with Gasteiger partial charge in [-0.1, -0.05) is 37.1 Å².